The molecule has 1 aromatic carbocycles. The van der Waals surface area contributed by atoms with Gasteiger partial charge in [0.15, 0.2) is 0 Å². The number of nitrogens with zero attached hydrogens (tertiary/aromatic N) is 2. The lowest BCUT2D eigenvalue weighted by molar-refractivity contribution is -0.137. The number of anilines is 1. The van der Waals surface area contributed by atoms with Crippen molar-refractivity contribution >= 4 is 23.5 Å². The maximum absolute atomic E-state index is 12.9. The van der Waals surface area contributed by atoms with Gasteiger partial charge in [0, 0.05) is 25.3 Å². The van der Waals surface area contributed by atoms with Gasteiger partial charge in [0.05, 0.1) is 0 Å². The summed E-state index contributed by atoms with van der Waals surface area (Å²) in [5.74, 6) is -0.443. The highest BCUT2D eigenvalue weighted by atomic mass is 16.2. The van der Waals surface area contributed by atoms with Gasteiger partial charge >= 0.3 is 6.03 Å². The van der Waals surface area contributed by atoms with E-state index < -0.39 is 11.6 Å². The number of rotatable bonds is 8. The van der Waals surface area contributed by atoms with Gasteiger partial charge in [-0.3, -0.25) is 14.5 Å². The van der Waals surface area contributed by atoms with Crippen LogP contribution >= 0.6 is 0 Å². The molecule has 1 aromatic rings. The minimum Gasteiger partial charge on any atom is -0.372 e. The van der Waals surface area contributed by atoms with Crippen LogP contribution in [0, 0.1) is 5.92 Å². The minimum atomic E-state index is -0.813. The van der Waals surface area contributed by atoms with E-state index >= 15 is 0 Å². The first-order valence-electron chi connectivity index (χ1n) is 10.7. The maximum Gasteiger partial charge on any atom is 0.325 e. The van der Waals surface area contributed by atoms with E-state index in [1.54, 1.807) is 0 Å². The van der Waals surface area contributed by atoms with Gasteiger partial charge in [-0.25, -0.2) is 4.79 Å². The normalized spacial score (nSPS) is 23.9. The largest absolute Gasteiger partial charge is 0.372 e. The molecule has 1 spiro atoms. The smallest absolute Gasteiger partial charge is 0.325 e. The van der Waals surface area contributed by atoms with Crippen molar-refractivity contribution in [2.24, 2.45) is 5.92 Å². The lowest BCUT2D eigenvalue weighted by Gasteiger charge is -2.36. The molecule has 7 nitrogen and oxygen atoms in total. The molecule has 2 N–H and O–H groups in total. The summed E-state index contributed by atoms with van der Waals surface area (Å²) in [6.45, 7) is 6.12. The van der Waals surface area contributed by atoms with Gasteiger partial charge in [-0.15, -0.1) is 0 Å². The SMILES string of the molecule is CCN(CCCNC(=O)CN1C(=O)NC2(CCCCC2C)C1=O)c1ccccc1. The topological polar surface area (TPSA) is 81.8 Å². The summed E-state index contributed by atoms with van der Waals surface area (Å²) in [4.78, 5) is 40.9. The van der Waals surface area contributed by atoms with Crippen molar-refractivity contribution in [1.29, 1.82) is 0 Å². The van der Waals surface area contributed by atoms with Crippen LogP contribution in [-0.4, -0.2) is 54.5 Å². The third kappa shape index (κ3) is 4.54. The van der Waals surface area contributed by atoms with Gasteiger partial charge in [0.1, 0.15) is 12.1 Å². The number of benzene rings is 1. The third-order valence-electron chi connectivity index (χ3n) is 6.23. The highest BCUT2D eigenvalue weighted by Crippen LogP contribution is 2.38. The number of carbonyl (C=O) groups excluding carboxylic acids is 3. The zero-order valence-corrected chi connectivity index (χ0v) is 17.4. The van der Waals surface area contributed by atoms with E-state index in [1.807, 2.05) is 25.1 Å². The van der Waals surface area contributed by atoms with E-state index in [0.29, 0.717) is 13.0 Å². The molecule has 2 atom stereocenters. The summed E-state index contributed by atoms with van der Waals surface area (Å²) in [5.41, 5.74) is 0.347. The summed E-state index contributed by atoms with van der Waals surface area (Å²) >= 11 is 0. The Hall–Kier alpha value is -2.57. The molecule has 0 bridgehead atoms. The molecule has 1 saturated heterocycles. The Balaban J connectivity index is 1.46. The predicted molar refractivity (Wildman–Crippen MR) is 113 cm³/mol. The van der Waals surface area contributed by atoms with Gasteiger partial charge in [-0.2, -0.15) is 0 Å². The molecule has 4 amide bonds. The van der Waals surface area contributed by atoms with E-state index in [-0.39, 0.29) is 24.3 Å². The number of carbonyl (C=O) groups is 3. The molecule has 2 unspecified atom stereocenters. The van der Waals surface area contributed by atoms with Crippen molar-refractivity contribution in [3.63, 3.8) is 0 Å². The molecule has 0 aromatic heterocycles. The summed E-state index contributed by atoms with van der Waals surface area (Å²) < 4.78 is 0. The molecule has 0 radical (unpaired) electrons. The first-order chi connectivity index (χ1) is 14.0. The molecule has 7 heteroatoms. The number of urea groups is 1. The monoisotopic (exact) mass is 400 g/mol. The second-order valence-electron chi connectivity index (χ2n) is 8.06. The van der Waals surface area contributed by atoms with Crippen LogP contribution in [0.3, 0.4) is 0 Å². The second kappa shape index (κ2) is 9.29. The lowest BCUT2D eigenvalue weighted by atomic mass is 9.73. The Morgan fingerprint density at radius 3 is 2.72 bits per heavy atom. The van der Waals surface area contributed by atoms with Crippen molar-refractivity contribution < 1.29 is 14.4 Å². The molecule has 1 aliphatic carbocycles. The highest BCUT2D eigenvalue weighted by Gasteiger charge is 2.55. The molecule has 2 fully saturated rings. The summed E-state index contributed by atoms with van der Waals surface area (Å²) in [7, 11) is 0. The van der Waals surface area contributed by atoms with Crippen LogP contribution in [0.4, 0.5) is 10.5 Å². The van der Waals surface area contributed by atoms with Crippen LogP contribution in [0.15, 0.2) is 30.3 Å². The van der Waals surface area contributed by atoms with Gasteiger partial charge < -0.3 is 15.5 Å². The zero-order valence-electron chi connectivity index (χ0n) is 17.4. The Bertz CT molecular complexity index is 739. The van der Waals surface area contributed by atoms with Crippen LogP contribution in [0.2, 0.25) is 0 Å². The minimum absolute atomic E-state index is 0.0961. The number of hydrogen-bond donors (Lipinski definition) is 2. The average molecular weight is 401 g/mol. The Labute approximate surface area is 172 Å². The number of hydrogen-bond acceptors (Lipinski definition) is 4. The third-order valence-corrected chi connectivity index (χ3v) is 6.23. The summed E-state index contributed by atoms with van der Waals surface area (Å²) in [6.07, 6.45) is 4.36. The molecule has 1 aliphatic heterocycles. The summed E-state index contributed by atoms with van der Waals surface area (Å²) in [6, 6.07) is 9.71. The van der Waals surface area contributed by atoms with Crippen LogP contribution in [0.5, 0.6) is 0 Å². The first-order valence-corrected chi connectivity index (χ1v) is 10.7. The fraction of sp³-hybridized carbons (Fsp3) is 0.591. The number of nitrogens with one attached hydrogen (secondary N) is 2. The summed E-state index contributed by atoms with van der Waals surface area (Å²) in [5, 5.41) is 5.73. The van der Waals surface area contributed by atoms with E-state index in [2.05, 4.69) is 34.6 Å². The highest BCUT2D eigenvalue weighted by molar-refractivity contribution is 6.09. The van der Waals surface area contributed by atoms with Crippen molar-refractivity contribution in [2.75, 3.05) is 31.1 Å². The molecule has 158 valence electrons. The maximum atomic E-state index is 12.9. The first kappa shape index (κ1) is 21.1. The van der Waals surface area contributed by atoms with Crippen molar-refractivity contribution in [2.45, 2.75) is 51.5 Å². The predicted octanol–water partition coefficient (Wildman–Crippen LogP) is 2.52. The van der Waals surface area contributed by atoms with Crippen molar-refractivity contribution in [1.82, 2.24) is 15.5 Å². The molecular weight excluding hydrogens is 368 g/mol. The van der Waals surface area contributed by atoms with Crippen molar-refractivity contribution in [3.05, 3.63) is 30.3 Å². The molecular formula is C22H32N4O3. The second-order valence-corrected chi connectivity index (χ2v) is 8.06. The lowest BCUT2D eigenvalue weighted by Crippen LogP contribution is -2.54. The fourth-order valence-electron chi connectivity index (χ4n) is 4.44. The quantitative estimate of drug-likeness (QED) is 0.519. The molecule has 2 aliphatic rings. The Morgan fingerprint density at radius 1 is 1.28 bits per heavy atom. The van der Waals surface area contributed by atoms with Gasteiger partial charge in [-0.05, 0) is 44.2 Å². The molecule has 3 rings (SSSR count). The molecule has 29 heavy (non-hydrogen) atoms. The van der Waals surface area contributed by atoms with E-state index in [0.717, 1.165) is 49.4 Å². The van der Waals surface area contributed by atoms with Crippen molar-refractivity contribution in [3.8, 4) is 0 Å². The van der Waals surface area contributed by atoms with E-state index in [9.17, 15) is 14.4 Å². The van der Waals surface area contributed by atoms with E-state index in [4.69, 9.17) is 0 Å². The van der Waals surface area contributed by atoms with E-state index in [1.165, 1.54) is 0 Å². The number of imide groups is 1. The average Bonchev–Trinajstić information content (AvgIpc) is 2.96. The Kier molecular flexibility index (Phi) is 6.77. The van der Waals surface area contributed by atoms with Gasteiger partial charge in [0.25, 0.3) is 5.91 Å². The molecule has 1 saturated carbocycles. The van der Waals surface area contributed by atoms with Crippen LogP contribution in [0.25, 0.3) is 0 Å². The van der Waals surface area contributed by atoms with Gasteiger partial charge in [0.2, 0.25) is 5.91 Å². The Morgan fingerprint density at radius 2 is 2.03 bits per heavy atom. The number of amides is 4. The zero-order chi connectivity index (χ0) is 20.9. The van der Waals surface area contributed by atoms with Crippen LogP contribution < -0.4 is 15.5 Å². The van der Waals surface area contributed by atoms with Crippen LogP contribution in [0.1, 0.15) is 46.0 Å². The van der Waals surface area contributed by atoms with Gasteiger partial charge in [-0.1, -0.05) is 38.0 Å². The number of para-hydroxylation sites is 1. The fourth-order valence-corrected chi connectivity index (χ4v) is 4.44. The standard InChI is InChI=1S/C22H32N4O3/c1-3-25(18-11-5-4-6-12-18)15-9-14-23-19(27)16-26-20(28)22(24-21(26)29)13-8-7-10-17(22)2/h4-6,11-12,17H,3,7-10,13-16H2,1-2H3,(H,23,27)(H,24,29). The molecule has 1 heterocycles. The van der Waals surface area contributed by atoms with Crippen LogP contribution in [-0.2, 0) is 9.59 Å².